The van der Waals surface area contributed by atoms with Gasteiger partial charge >= 0.3 is 0 Å². The molecule has 1 fully saturated rings. The molecular formula is C15H18N2O4. The first kappa shape index (κ1) is 14.9. The first-order valence-corrected chi connectivity index (χ1v) is 6.72. The van der Waals surface area contributed by atoms with E-state index < -0.39 is 0 Å². The molecule has 6 heteroatoms. The molecule has 0 spiro atoms. The Bertz CT molecular complexity index is 575. The number of carbonyl (C=O) groups is 2. The van der Waals surface area contributed by atoms with Crippen LogP contribution in [0.15, 0.2) is 24.3 Å². The van der Waals surface area contributed by atoms with Crippen LogP contribution in [0.3, 0.4) is 0 Å². The van der Waals surface area contributed by atoms with Crippen LogP contribution in [-0.2, 0) is 9.59 Å². The standard InChI is InChI=1S/C15H18N2O4/c1-11(18)16-6-8-17(9-7-16)15(21)5-3-12-2-4-13(19)14(20)10-12/h2-5,10,19-20H,6-9H2,1H3. The Kier molecular flexibility index (Phi) is 4.47. The monoisotopic (exact) mass is 290 g/mol. The van der Waals surface area contributed by atoms with Crippen LogP contribution in [0, 0.1) is 0 Å². The van der Waals surface area contributed by atoms with Crippen LogP contribution < -0.4 is 0 Å². The van der Waals surface area contributed by atoms with E-state index in [4.69, 9.17) is 0 Å². The molecule has 0 atom stereocenters. The Morgan fingerprint density at radius 3 is 2.24 bits per heavy atom. The molecule has 0 radical (unpaired) electrons. The molecule has 2 N–H and O–H groups in total. The van der Waals surface area contributed by atoms with Gasteiger partial charge in [0, 0.05) is 39.2 Å². The summed E-state index contributed by atoms with van der Waals surface area (Å²) in [5.41, 5.74) is 0.626. The van der Waals surface area contributed by atoms with Crippen molar-refractivity contribution in [3.63, 3.8) is 0 Å². The quantitative estimate of drug-likeness (QED) is 0.623. The largest absolute Gasteiger partial charge is 0.504 e. The second kappa shape index (κ2) is 6.30. The Morgan fingerprint density at radius 2 is 1.67 bits per heavy atom. The minimum absolute atomic E-state index is 0.0252. The van der Waals surface area contributed by atoms with E-state index in [0.717, 1.165) is 0 Å². The summed E-state index contributed by atoms with van der Waals surface area (Å²) in [6.45, 7) is 3.66. The van der Waals surface area contributed by atoms with Gasteiger partial charge in [0.25, 0.3) is 0 Å². The molecule has 1 aliphatic rings. The zero-order valence-electron chi connectivity index (χ0n) is 11.8. The zero-order chi connectivity index (χ0) is 15.4. The maximum absolute atomic E-state index is 12.0. The molecule has 1 saturated heterocycles. The number of hydrogen-bond donors (Lipinski definition) is 2. The van der Waals surface area contributed by atoms with Gasteiger partial charge in [-0.1, -0.05) is 6.07 Å². The molecule has 0 bridgehead atoms. The van der Waals surface area contributed by atoms with Gasteiger partial charge in [-0.15, -0.1) is 0 Å². The second-order valence-corrected chi connectivity index (χ2v) is 4.91. The predicted molar refractivity (Wildman–Crippen MR) is 77.6 cm³/mol. The fourth-order valence-corrected chi connectivity index (χ4v) is 2.16. The van der Waals surface area contributed by atoms with Crippen molar-refractivity contribution in [2.24, 2.45) is 0 Å². The van der Waals surface area contributed by atoms with E-state index in [-0.39, 0.29) is 23.3 Å². The van der Waals surface area contributed by atoms with Crippen LogP contribution in [0.5, 0.6) is 11.5 Å². The van der Waals surface area contributed by atoms with Crippen molar-refractivity contribution in [3.05, 3.63) is 29.8 Å². The number of rotatable bonds is 2. The topological polar surface area (TPSA) is 81.1 Å². The molecule has 0 aromatic heterocycles. The van der Waals surface area contributed by atoms with Crippen LogP contribution in [0.2, 0.25) is 0 Å². The lowest BCUT2D eigenvalue weighted by Crippen LogP contribution is -2.49. The van der Waals surface area contributed by atoms with Gasteiger partial charge in [-0.25, -0.2) is 0 Å². The average molecular weight is 290 g/mol. The highest BCUT2D eigenvalue weighted by Crippen LogP contribution is 2.25. The molecule has 2 rings (SSSR count). The number of phenols is 2. The van der Waals surface area contributed by atoms with Gasteiger partial charge in [-0.3, -0.25) is 9.59 Å². The maximum atomic E-state index is 12.0. The second-order valence-electron chi connectivity index (χ2n) is 4.91. The molecule has 0 aliphatic carbocycles. The van der Waals surface area contributed by atoms with Crippen molar-refractivity contribution >= 4 is 17.9 Å². The van der Waals surface area contributed by atoms with Gasteiger partial charge < -0.3 is 20.0 Å². The smallest absolute Gasteiger partial charge is 0.246 e. The van der Waals surface area contributed by atoms with E-state index in [1.54, 1.807) is 21.9 Å². The molecule has 0 saturated carbocycles. The first-order chi connectivity index (χ1) is 9.97. The lowest BCUT2D eigenvalue weighted by molar-refractivity contribution is -0.135. The zero-order valence-corrected chi connectivity index (χ0v) is 11.8. The van der Waals surface area contributed by atoms with Gasteiger partial charge in [0.1, 0.15) is 0 Å². The third-order valence-corrected chi connectivity index (χ3v) is 3.45. The number of nitrogens with zero attached hydrogens (tertiary/aromatic N) is 2. The van der Waals surface area contributed by atoms with Gasteiger partial charge in [0.05, 0.1) is 0 Å². The maximum Gasteiger partial charge on any atom is 0.246 e. The summed E-state index contributed by atoms with van der Waals surface area (Å²) >= 11 is 0. The Balaban J connectivity index is 1.94. The lowest BCUT2D eigenvalue weighted by atomic mass is 10.2. The van der Waals surface area contributed by atoms with E-state index in [2.05, 4.69) is 0 Å². The minimum atomic E-state index is -0.223. The summed E-state index contributed by atoms with van der Waals surface area (Å²) in [7, 11) is 0. The van der Waals surface area contributed by atoms with Gasteiger partial charge in [-0.2, -0.15) is 0 Å². The summed E-state index contributed by atoms with van der Waals surface area (Å²) < 4.78 is 0. The Morgan fingerprint density at radius 1 is 1.05 bits per heavy atom. The number of piperazine rings is 1. The third kappa shape index (κ3) is 3.75. The summed E-state index contributed by atoms with van der Waals surface area (Å²) in [5.74, 6) is -0.526. The Labute approximate surface area is 122 Å². The highest BCUT2D eigenvalue weighted by molar-refractivity contribution is 5.92. The summed E-state index contributed by atoms with van der Waals surface area (Å²) in [4.78, 5) is 26.6. The number of aromatic hydroxyl groups is 2. The molecule has 0 unspecified atom stereocenters. The normalized spacial score (nSPS) is 15.5. The van der Waals surface area contributed by atoms with Crippen LogP contribution in [0.1, 0.15) is 12.5 Å². The third-order valence-electron chi connectivity index (χ3n) is 3.45. The molecule has 1 aliphatic heterocycles. The van der Waals surface area contributed by atoms with Crippen molar-refractivity contribution in [1.82, 2.24) is 9.80 Å². The van der Waals surface area contributed by atoms with Crippen molar-refractivity contribution < 1.29 is 19.8 Å². The van der Waals surface area contributed by atoms with E-state index in [1.807, 2.05) is 0 Å². The minimum Gasteiger partial charge on any atom is -0.504 e. The summed E-state index contributed by atoms with van der Waals surface area (Å²) in [6, 6.07) is 4.35. The van der Waals surface area contributed by atoms with Crippen molar-refractivity contribution in [2.45, 2.75) is 6.92 Å². The van der Waals surface area contributed by atoms with Gasteiger partial charge in [0.15, 0.2) is 11.5 Å². The Hall–Kier alpha value is -2.50. The molecule has 1 aromatic rings. The lowest BCUT2D eigenvalue weighted by Gasteiger charge is -2.33. The molecule has 21 heavy (non-hydrogen) atoms. The van der Waals surface area contributed by atoms with Crippen molar-refractivity contribution in [2.75, 3.05) is 26.2 Å². The van der Waals surface area contributed by atoms with E-state index in [9.17, 15) is 19.8 Å². The SMILES string of the molecule is CC(=O)N1CCN(C(=O)C=Cc2ccc(O)c(O)c2)CC1. The molecule has 1 heterocycles. The van der Waals surface area contributed by atoms with E-state index in [0.29, 0.717) is 31.7 Å². The number of hydrogen-bond acceptors (Lipinski definition) is 4. The van der Waals surface area contributed by atoms with Crippen molar-refractivity contribution in [3.8, 4) is 11.5 Å². The number of benzene rings is 1. The highest BCUT2D eigenvalue weighted by Gasteiger charge is 2.20. The number of amides is 2. The van der Waals surface area contributed by atoms with Crippen molar-refractivity contribution in [1.29, 1.82) is 0 Å². The number of phenolic OH excluding ortho intramolecular Hbond substituents is 2. The molecule has 2 amide bonds. The predicted octanol–water partition coefficient (Wildman–Crippen LogP) is 0.802. The molecule has 1 aromatic carbocycles. The fraction of sp³-hybridized carbons (Fsp3) is 0.333. The van der Waals surface area contributed by atoms with E-state index >= 15 is 0 Å². The van der Waals surface area contributed by atoms with Crippen LogP contribution in [0.4, 0.5) is 0 Å². The molecule has 112 valence electrons. The van der Waals surface area contributed by atoms with Crippen LogP contribution in [-0.4, -0.2) is 58.0 Å². The number of carbonyl (C=O) groups excluding carboxylic acids is 2. The summed E-state index contributed by atoms with van der Waals surface area (Å²) in [6.07, 6.45) is 3.01. The average Bonchev–Trinajstić information content (AvgIpc) is 2.48. The molecular weight excluding hydrogens is 272 g/mol. The highest BCUT2D eigenvalue weighted by atomic mass is 16.3. The fourth-order valence-electron chi connectivity index (χ4n) is 2.16. The summed E-state index contributed by atoms with van der Waals surface area (Å²) in [5, 5.41) is 18.6. The molecule has 6 nitrogen and oxygen atoms in total. The van der Waals surface area contributed by atoms with E-state index in [1.165, 1.54) is 25.1 Å². The van der Waals surface area contributed by atoms with Crippen LogP contribution in [0.25, 0.3) is 6.08 Å². The van der Waals surface area contributed by atoms with Gasteiger partial charge in [0.2, 0.25) is 11.8 Å². The van der Waals surface area contributed by atoms with Crippen LogP contribution >= 0.6 is 0 Å². The first-order valence-electron chi connectivity index (χ1n) is 6.72. The van der Waals surface area contributed by atoms with Gasteiger partial charge in [-0.05, 0) is 23.8 Å².